The van der Waals surface area contributed by atoms with E-state index in [0.29, 0.717) is 22.6 Å². The first kappa shape index (κ1) is 29.1. The van der Waals surface area contributed by atoms with Crippen LogP contribution in [-0.4, -0.2) is 31.4 Å². The van der Waals surface area contributed by atoms with Gasteiger partial charge in [-0.3, -0.25) is 14.2 Å². The van der Waals surface area contributed by atoms with Gasteiger partial charge in [-0.15, -0.1) is 0 Å². The van der Waals surface area contributed by atoms with Crippen molar-refractivity contribution in [2.45, 2.75) is 58.9 Å². The summed E-state index contributed by atoms with van der Waals surface area (Å²) in [5.74, 6) is -1.76. The van der Waals surface area contributed by atoms with Gasteiger partial charge in [-0.2, -0.15) is 13.2 Å². The van der Waals surface area contributed by atoms with Crippen molar-refractivity contribution in [2.24, 2.45) is 0 Å². The van der Waals surface area contributed by atoms with Crippen molar-refractivity contribution in [3.05, 3.63) is 81.5 Å². The summed E-state index contributed by atoms with van der Waals surface area (Å²) in [6.07, 6.45) is -0.939. The number of imidazole rings is 1. The Hall–Kier alpha value is -3.93. The Kier molecular flexibility index (Phi) is 7.93. The second kappa shape index (κ2) is 10.9. The molecule has 0 unspecified atom stereocenters. The molecule has 1 aromatic carbocycles. The Morgan fingerprint density at radius 3 is 2.50 bits per heavy atom. The lowest BCUT2D eigenvalue weighted by Crippen LogP contribution is -2.29. The van der Waals surface area contributed by atoms with Crippen molar-refractivity contribution in [1.82, 2.24) is 24.7 Å². The van der Waals surface area contributed by atoms with Crippen molar-refractivity contribution < 1.29 is 27.1 Å². The number of amides is 1. The lowest BCUT2D eigenvalue weighted by Gasteiger charge is -2.23. The Morgan fingerprint density at radius 1 is 1.15 bits per heavy atom. The van der Waals surface area contributed by atoms with Gasteiger partial charge in [0.15, 0.2) is 5.82 Å². The quantitative estimate of drug-likeness (QED) is 0.251. The number of nitrogens with two attached hydrogens (primary N) is 1. The summed E-state index contributed by atoms with van der Waals surface area (Å²) in [5.41, 5.74) is 6.20. The zero-order chi connectivity index (χ0) is 29.5. The standard InChI is InChI=1S/C27H27ClF4N6O2/c1-12(2)40-23-17(13(3)25-36-15(5)22-24(33)35-8-9-38(22)25)11-18(28)21(29)20(23)26(39)37-14(4)16-6-7-34-19(10-16)27(30,31)32/h6-14H,1-5H3,(H2,33,35)(H,37,39)/t13-,14-/m0/s1. The van der Waals surface area contributed by atoms with Crippen molar-refractivity contribution in [1.29, 1.82) is 0 Å². The van der Waals surface area contributed by atoms with Crippen LogP contribution >= 0.6 is 11.6 Å². The van der Waals surface area contributed by atoms with E-state index in [-0.39, 0.29) is 22.2 Å². The molecular weight excluding hydrogens is 552 g/mol. The van der Waals surface area contributed by atoms with E-state index in [9.17, 15) is 18.0 Å². The van der Waals surface area contributed by atoms with Crippen LogP contribution in [-0.2, 0) is 6.18 Å². The predicted molar refractivity (Wildman–Crippen MR) is 142 cm³/mol. The van der Waals surface area contributed by atoms with Gasteiger partial charge in [0, 0.05) is 30.1 Å². The lowest BCUT2D eigenvalue weighted by atomic mass is 9.95. The fourth-order valence-electron chi connectivity index (χ4n) is 4.45. The van der Waals surface area contributed by atoms with Gasteiger partial charge in [0.25, 0.3) is 5.91 Å². The average molecular weight is 579 g/mol. The van der Waals surface area contributed by atoms with Gasteiger partial charge in [-0.1, -0.05) is 18.5 Å². The molecule has 2 atom stereocenters. The third-order valence-electron chi connectivity index (χ3n) is 6.34. The zero-order valence-corrected chi connectivity index (χ0v) is 23.0. The van der Waals surface area contributed by atoms with Crippen molar-refractivity contribution >= 4 is 28.8 Å². The molecule has 0 fully saturated rings. The number of hydrogen-bond donors (Lipinski definition) is 2. The van der Waals surface area contributed by atoms with Crippen LogP contribution in [0.5, 0.6) is 5.75 Å². The number of nitrogen functional groups attached to an aromatic ring is 1. The molecule has 0 saturated carbocycles. The highest BCUT2D eigenvalue weighted by atomic mass is 35.5. The Balaban J connectivity index is 1.80. The highest BCUT2D eigenvalue weighted by Crippen LogP contribution is 2.40. The van der Waals surface area contributed by atoms with Crippen molar-refractivity contribution in [2.75, 3.05) is 5.73 Å². The number of anilines is 1. The number of ether oxygens (including phenoxy) is 1. The Labute approximate surface area is 232 Å². The second-order valence-electron chi connectivity index (χ2n) is 9.61. The van der Waals surface area contributed by atoms with Crippen LogP contribution in [0.15, 0.2) is 36.8 Å². The maximum atomic E-state index is 15.5. The highest BCUT2D eigenvalue weighted by molar-refractivity contribution is 6.31. The number of pyridine rings is 1. The maximum Gasteiger partial charge on any atom is 0.433 e. The SMILES string of the molecule is Cc1nc([C@@H](C)c2cc(Cl)c(F)c(C(=O)N[C@@H](C)c3ccnc(C(F)(F)F)c3)c2OC(C)C)n2ccnc(N)c12. The fourth-order valence-corrected chi connectivity index (χ4v) is 4.66. The monoisotopic (exact) mass is 578 g/mol. The summed E-state index contributed by atoms with van der Waals surface area (Å²) in [6, 6.07) is 2.60. The molecule has 0 spiro atoms. The van der Waals surface area contributed by atoms with E-state index >= 15 is 4.39 Å². The summed E-state index contributed by atoms with van der Waals surface area (Å²) in [4.78, 5) is 25.6. The molecule has 3 heterocycles. The average Bonchev–Trinajstić information content (AvgIpc) is 3.22. The molecule has 1 amide bonds. The zero-order valence-electron chi connectivity index (χ0n) is 22.3. The normalized spacial score (nSPS) is 13.5. The first-order chi connectivity index (χ1) is 18.7. The number of carbonyl (C=O) groups excluding carboxylic acids is 1. The maximum absolute atomic E-state index is 15.5. The number of nitrogens with one attached hydrogen (secondary N) is 1. The highest BCUT2D eigenvalue weighted by Gasteiger charge is 2.34. The van der Waals surface area contributed by atoms with E-state index in [1.54, 1.807) is 38.3 Å². The van der Waals surface area contributed by atoms with Crippen LogP contribution in [0, 0.1) is 12.7 Å². The number of carbonyl (C=O) groups is 1. The topological polar surface area (TPSA) is 107 Å². The number of alkyl halides is 3. The molecule has 0 aliphatic rings. The molecular formula is C27H27ClF4N6O2. The van der Waals surface area contributed by atoms with Crippen molar-refractivity contribution in [3.63, 3.8) is 0 Å². The number of benzene rings is 1. The van der Waals surface area contributed by atoms with E-state index in [1.807, 2.05) is 0 Å². The number of aryl methyl sites for hydroxylation is 1. The molecule has 0 bridgehead atoms. The molecule has 13 heteroatoms. The summed E-state index contributed by atoms with van der Waals surface area (Å²) in [5, 5.41) is 2.23. The third-order valence-corrected chi connectivity index (χ3v) is 6.62. The smallest absolute Gasteiger partial charge is 0.433 e. The van der Waals surface area contributed by atoms with Crippen LogP contribution < -0.4 is 15.8 Å². The minimum absolute atomic E-state index is 0.0590. The van der Waals surface area contributed by atoms with Crippen LogP contribution in [0.4, 0.5) is 23.4 Å². The van der Waals surface area contributed by atoms with Crippen LogP contribution in [0.2, 0.25) is 5.02 Å². The molecule has 0 aliphatic heterocycles. The molecule has 0 saturated heterocycles. The van der Waals surface area contributed by atoms with Crippen molar-refractivity contribution in [3.8, 4) is 5.75 Å². The van der Waals surface area contributed by atoms with Crippen LogP contribution in [0.25, 0.3) is 5.52 Å². The largest absolute Gasteiger partial charge is 0.490 e. The first-order valence-corrected chi connectivity index (χ1v) is 12.7. The fraction of sp³-hybridized carbons (Fsp3) is 0.333. The summed E-state index contributed by atoms with van der Waals surface area (Å²) in [6.45, 7) is 8.46. The number of halogens is 5. The number of aromatic nitrogens is 4. The van der Waals surface area contributed by atoms with Crippen LogP contribution in [0.3, 0.4) is 0 Å². The Bertz CT molecular complexity index is 1590. The Morgan fingerprint density at radius 2 is 1.85 bits per heavy atom. The van der Waals surface area contributed by atoms with E-state index in [4.69, 9.17) is 22.1 Å². The van der Waals surface area contributed by atoms with Gasteiger partial charge >= 0.3 is 6.18 Å². The van der Waals surface area contributed by atoms with Gasteiger partial charge in [-0.05, 0) is 51.5 Å². The number of nitrogens with zero attached hydrogens (tertiary/aromatic N) is 4. The summed E-state index contributed by atoms with van der Waals surface area (Å²) >= 11 is 6.28. The van der Waals surface area contributed by atoms with E-state index in [1.165, 1.54) is 25.3 Å². The van der Waals surface area contributed by atoms with Crippen LogP contribution in [0.1, 0.15) is 78.4 Å². The summed E-state index contributed by atoms with van der Waals surface area (Å²) < 4.78 is 62.7. The third kappa shape index (κ3) is 5.53. The van der Waals surface area contributed by atoms with Gasteiger partial charge in [0.2, 0.25) is 0 Å². The minimum Gasteiger partial charge on any atom is -0.490 e. The number of rotatable bonds is 7. The molecule has 212 valence electrons. The minimum atomic E-state index is -4.67. The second-order valence-corrected chi connectivity index (χ2v) is 10.0. The van der Waals surface area contributed by atoms with E-state index in [2.05, 4.69) is 20.3 Å². The van der Waals surface area contributed by atoms with E-state index < -0.39 is 47.2 Å². The first-order valence-electron chi connectivity index (χ1n) is 12.3. The predicted octanol–water partition coefficient (Wildman–Crippen LogP) is 6.26. The molecule has 0 radical (unpaired) electrons. The molecule has 0 aliphatic carbocycles. The lowest BCUT2D eigenvalue weighted by molar-refractivity contribution is -0.141. The van der Waals surface area contributed by atoms with E-state index in [0.717, 1.165) is 12.3 Å². The van der Waals surface area contributed by atoms with Gasteiger partial charge in [-0.25, -0.2) is 14.4 Å². The molecule has 4 rings (SSSR count). The van der Waals surface area contributed by atoms with Gasteiger partial charge < -0.3 is 15.8 Å². The number of fused-ring (bicyclic) bond motifs is 1. The van der Waals surface area contributed by atoms with Gasteiger partial charge in [0.1, 0.15) is 34.2 Å². The molecule has 40 heavy (non-hydrogen) atoms. The van der Waals surface area contributed by atoms with Gasteiger partial charge in [0.05, 0.1) is 22.9 Å². The molecule has 4 aromatic rings. The molecule has 3 N–H and O–H groups in total. The number of hydrogen-bond acceptors (Lipinski definition) is 6. The molecule has 8 nitrogen and oxygen atoms in total. The summed E-state index contributed by atoms with van der Waals surface area (Å²) in [7, 11) is 0. The molecule has 3 aromatic heterocycles.